The van der Waals surface area contributed by atoms with E-state index in [2.05, 4.69) is 10.4 Å². The lowest BCUT2D eigenvalue weighted by Crippen LogP contribution is -2.38. The van der Waals surface area contributed by atoms with Gasteiger partial charge in [0.1, 0.15) is 5.69 Å². The summed E-state index contributed by atoms with van der Waals surface area (Å²) in [5.74, 6) is 0. The topological polar surface area (TPSA) is 152 Å². The molecule has 4 aromatic carbocycles. The highest BCUT2D eigenvalue weighted by Gasteiger charge is 2.32. The fraction of sp³-hybridized carbons (Fsp3) is 0.200. The van der Waals surface area contributed by atoms with Crippen molar-refractivity contribution < 1.29 is 30.9 Å². The fourth-order valence-electron chi connectivity index (χ4n) is 6.60. The Bertz CT molecular complexity index is 2670. The van der Waals surface area contributed by atoms with Crippen LogP contribution < -0.4 is 11.0 Å². The van der Waals surface area contributed by atoms with Gasteiger partial charge in [-0.25, -0.2) is 18.8 Å². The van der Waals surface area contributed by atoms with Crippen molar-refractivity contribution in [1.29, 1.82) is 5.26 Å². The summed E-state index contributed by atoms with van der Waals surface area (Å²) in [5.41, 5.74) is 3.81. The van der Waals surface area contributed by atoms with Crippen LogP contribution in [0.1, 0.15) is 63.2 Å². The number of carbonyl (C=O) groups excluding carboxylic acids is 1. The number of imidazole rings is 1. The Labute approximate surface area is 314 Å². The second-order valence-electron chi connectivity index (χ2n) is 13.2. The van der Waals surface area contributed by atoms with Gasteiger partial charge in [-0.1, -0.05) is 30.3 Å². The molecule has 1 atom stereocenters. The van der Waals surface area contributed by atoms with Crippen LogP contribution in [0.25, 0.3) is 22.8 Å². The molecule has 15 heteroatoms. The van der Waals surface area contributed by atoms with E-state index in [0.29, 0.717) is 28.8 Å². The zero-order valence-corrected chi connectivity index (χ0v) is 31.1. The minimum atomic E-state index is -4.68. The van der Waals surface area contributed by atoms with E-state index in [1.165, 1.54) is 36.0 Å². The minimum absolute atomic E-state index is 0.0809. The number of alkyl halides is 3. The van der Waals surface area contributed by atoms with Crippen LogP contribution in [0.5, 0.6) is 0 Å². The van der Waals surface area contributed by atoms with Crippen molar-refractivity contribution in [1.82, 2.24) is 24.2 Å². The number of carbonyl (C=O) groups is 1. The summed E-state index contributed by atoms with van der Waals surface area (Å²) < 4.78 is 78.4. The molecule has 0 saturated heterocycles. The van der Waals surface area contributed by atoms with Crippen LogP contribution in [0.15, 0.2) is 101 Å². The third-order valence-corrected chi connectivity index (χ3v) is 10.8. The van der Waals surface area contributed by atoms with E-state index in [1.54, 1.807) is 63.2 Å². The van der Waals surface area contributed by atoms with Crippen molar-refractivity contribution in [3.8, 4) is 28.8 Å². The molecule has 0 spiro atoms. The lowest BCUT2D eigenvalue weighted by molar-refractivity contribution is -0.137. The summed E-state index contributed by atoms with van der Waals surface area (Å²) in [7, 11) is -4.43. The van der Waals surface area contributed by atoms with E-state index in [9.17, 15) is 41.0 Å². The minimum Gasteiger partial charge on any atom is -0.331 e. The maximum atomic E-state index is 14.2. The Morgan fingerprint density at radius 2 is 1.60 bits per heavy atom. The Balaban J connectivity index is 1.37. The molecule has 55 heavy (non-hydrogen) atoms. The molecule has 6 rings (SSSR count). The second kappa shape index (κ2) is 14.5. The lowest BCUT2D eigenvalue weighted by atomic mass is 9.94. The van der Waals surface area contributed by atoms with Gasteiger partial charge >= 0.3 is 17.9 Å². The van der Waals surface area contributed by atoms with E-state index in [0.717, 1.165) is 43.5 Å². The molecule has 2 heterocycles. The molecule has 0 aliphatic rings. The summed E-state index contributed by atoms with van der Waals surface area (Å²) in [5, 5.41) is 16.5. The Morgan fingerprint density at radius 3 is 2.22 bits per heavy atom. The Morgan fingerprint density at radius 1 is 0.927 bits per heavy atom. The maximum Gasteiger partial charge on any atom is 0.416 e. The number of nitriles is 1. The van der Waals surface area contributed by atoms with Gasteiger partial charge in [0.25, 0.3) is 10.1 Å². The first-order valence-corrected chi connectivity index (χ1v) is 18.4. The van der Waals surface area contributed by atoms with Gasteiger partial charge in [0.15, 0.2) is 0 Å². The van der Waals surface area contributed by atoms with Crippen LogP contribution in [0.3, 0.4) is 0 Å². The molecule has 11 nitrogen and oxygen atoms in total. The van der Waals surface area contributed by atoms with Gasteiger partial charge in [-0.15, -0.1) is 0 Å². The smallest absolute Gasteiger partial charge is 0.331 e. The average molecular weight is 769 g/mol. The summed E-state index contributed by atoms with van der Waals surface area (Å²) in [6, 6.07) is 21.5. The van der Waals surface area contributed by atoms with E-state index < -0.39 is 39.6 Å². The van der Waals surface area contributed by atoms with Crippen LogP contribution in [0.2, 0.25) is 0 Å². The van der Waals surface area contributed by atoms with Crippen molar-refractivity contribution in [3.05, 3.63) is 152 Å². The molecule has 0 aliphatic carbocycles. The van der Waals surface area contributed by atoms with Gasteiger partial charge in [0.05, 0.1) is 57.1 Å². The van der Waals surface area contributed by atoms with Crippen LogP contribution >= 0.6 is 0 Å². The van der Waals surface area contributed by atoms with Crippen LogP contribution in [0.4, 0.5) is 18.0 Å². The molecule has 282 valence electrons. The molecule has 1 amide bonds. The van der Waals surface area contributed by atoms with E-state index in [1.807, 2.05) is 25.1 Å². The standard InChI is InChI=1S/C40H35F3N6O5S/c1-23-24(2)31(20-36(25(23)3)55(52,53)54)19-28-9-13-30(14-10-28)26(4)46-38(50)48-37(35-17-18-45-49(35)33-15-11-29(22-44)12-16-33)27(5)47(39(48)51)34-8-6-7-32(21-34)40(41,42)43/h6-18,20-21,26H,19H2,1-5H3,(H,46,50)(H,52,53,54)/t26-/m0/s1. The molecule has 2 N–H and O–H groups in total. The highest BCUT2D eigenvalue weighted by molar-refractivity contribution is 7.85. The van der Waals surface area contributed by atoms with E-state index in [4.69, 9.17) is 0 Å². The number of benzene rings is 4. The summed E-state index contributed by atoms with van der Waals surface area (Å²) in [6.45, 7) is 8.55. The molecule has 0 radical (unpaired) electrons. The number of halogens is 3. The molecular weight excluding hydrogens is 734 g/mol. The first-order chi connectivity index (χ1) is 25.9. The van der Waals surface area contributed by atoms with Crippen molar-refractivity contribution >= 4 is 16.1 Å². The van der Waals surface area contributed by atoms with Crippen molar-refractivity contribution in [2.45, 2.75) is 58.2 Å². The van der Waals surface area contributed by atoms with Gasteiger partial charge in [-0.3, -0.25) is 9.12 Å². The largest absolute Gasteiger partial charge is 0.416 e. The molecular formula is C40H35F3N6O5S. The van der Waals surface area contributed by atoms with Crippen LogP contribution in [-0.2, 0) is 22.7 Å². The molecule has 0 aliphatic heterocycles. The summed E-state index contributed by atoms with van der Waals surface area (Å²) in [4.78, 5) is 28.2. The SMILES string of the molecule is Cc1c(Cc2ccc([C@H](C)NC(=O)n3c(-c4ccnn4-c4ccc(C#N)cc4)c(C)n(-c4cccc(C(F)(F)F)c4)c3=O)cc2)cc(S(=O)(=O)O)c(C)c1C. The summed E-state index contributed by atoms with van der Waals surface area (Å²) in [6.07, 6.45) is -2.87. The first kappa shape index (κ1) is 38.5. The third kappa shape index (κ3) is 7.46. The van der Waals surface area contributed by atoms with Crippen LogP contribution in [-0.4, -0.2) is 37.9 Å². The number of hydrogen-bond acceptors (Lipinski definition) is 6. The quantitative estimate of drug-likeness (QED) is 0.150. The number of aromatic nitrogens is 4. The highest BCUT2D eigenvalue weighted by atomic mass is 32.2. The number of hydrogen-bond donors (Lipinski definition) is 2. The molecule has 0 unspecified atom stereocenters. The number of nitrogens with one attached hydrogen (secondary N) is 1. The van der Waals surface area contributed by atoms with Crippen molar-refractivity contribution in [2.24, 2.45) is 0 Å². The predicted molar refractivity (Wildman–Crippen MR) is 199 cm³/mol. The Hall–Kier alpha value is -6.24. The van der Waals surface area contributed by atoms with E-state index >= 15 is 0 Å². The molecule has 0 bridgehead atoms. The zero-order valence-electron chi connectivity index (χ0n) is 30.3. The van der Waals surface area contributed by atoms with Crippen molar-refractivity contribution in [3.63, 3.8) is 0 Å². The fourth-order valence-corrected chi connectivity index (χ4v) is 7.43. The molecule has 2 aromatic heterocycles. The van der Waals surface area contributed by atoms with Gasteiger partial charge in [0, 0.05) is 0 Å². The second-order valence-corrected chi connectivity index (χ2v) is 14.6. The lowest BCUT2D eigenvalue weighted by Gasteiger charge is -2.17. The van der Waals surface area contributed by atoms with Gasteiger partial charge in [-0.05, 0) is 129 Å². The number of nitrogens with zero attached hydrogens (tertiary/aromatic N) is 5. The third-order valence-electron chi connectivity index (χ3n) is 9.82. The van der Waals surface area contributed by atoms with Gasteiger partial charge < -0.3 is 5.32 Å². The molecule has 0 saturated carbocycles. The van der Waals surface area contributed by atoms with Gasteiger partial charge in [0.2, 0.25) is 0 Å². The Kier molecular flexibility index (Phi) is 10.2. The highest BCUT2D eigenvalue weighted by Crippen LogP contribution is 2.33. The molecule has 0 fully saturated rings. The first-order valence-electron chi connectivity index (χ1n) is 16.9. The monoisotopic (exact) mass is 768 g/mol. The number of amides is 1. The normalized spacial score (nSPS) is 12.4. The average Bonchev–Trinajstić information content (AvgIpc) is 3.72. The summed E-state index contributed by atoms with van der Waals surface area (Å²) >= 11 is 0. The maximum absolute atomic E-state index is 14.2. The van der Waals surface area contributed by atoms with Crippen LogP contribution in [0, 0.1) is 39.0 Å². The molecule has 6 aromatic rings. The van der Waals surface area contributed by atoms with Crippen molar-refractivity contribution in [2.75, 3.05) is 0 Å². The number of rotatable bonds is 8. The predicted octanol–water partition coefficient (Wildman–Crippen LogP) is 7.77. The zero-order chi connectivity index (χ0) is 40.0. The van der Waals surface area contributed by atoms with Gasteiger partial charge in [-0.2, -0.15) is 31.9 Å². The van der Waals surface area contributed by atoms with E-state index in [-0.39, 0.29) is 27.7 Å².